The van der Waals surface area contributed by atoms with E-state index in [1.54, 1.807) is 25.3 Å². The molecule has 0 fully saturated rings. The van der Waals surface area contributed by atoms with Crippen LogP contribution in [0.25, 0.3) is 0 Å². The van der Waals surface area contributed by atoms with Gasteiger partial charge < -0.3 is 9.47 Å². The number of hydrogen-bond donors (Lipinski definition) is 0. The van der Waals surface area contributed by atoms with Crippen molar-refractivity contribution in [3.63, 3.8) is 0 Å². The van der Waals surface area contributed by atoms with Crippen LogP contribution in [-0.4, -0.2) is 18.1 Å². The van der Waals surface area contributed by atoms with E-state index in [2.05, 4.69) is 0 Å². The molecule has 1 heterocycles. The first kappa shape index (κ1) is 13.4. The standard InChI is InChI=1S/C16H15NO4/c1-20-13-7-8-15-12(9-13)10-14(17(18)19)16(21-15)11-5-3-2-4-6-11/h2-9,14,16H,10H2,1H3/t14-,16-/m0/s1. The van der Waals surface area contributed by atoms with Gasteiger partial charge in [-0.05, 0) is 23.8 Å². The Balaban J connectivity index is 1.99. The number of hydrogen-bond acceptors (Lipinski definition) is 4. The van der Waals surface area contributed by atoms with Gasteiger partial charge in [0, 0.05) is 16.9 Å². The maximum atomic E-state index is 11.4. The highest BCUT2D eigenvalue weighted by atomic mass is 16.6. The lowest BCUT2D eigenvalue weighted by atomic mass is 9.93. The van der Waals surface area contributed by atoms with E-state index in [0.29, 0.717) is 17.9 Å². The Labute approximate surface area is 122 Å². The topological polar surface area (TPSA) is 61.6 Å². The predicted octanol–water partition coefficient (Wildman–Crippen LogP) is 3.02. The molecule has 0 radical (unpaired) electrons. The molecule has 2 aromatic carbocycles. The van der Waals surface area contributed by atoms with Gasteiger partial charge in [0.15, 0.2) is 6.10 Å². The molecule has 0 N–H and O–H groups in total. The molecule has 0 saturated heterocycles. The average molecular weight is 285 g/mol. The van der Waals surface area contributed by atoms with E-state index in [4.69, 9.17) is 9.47 Å². The summed E-state index contributed by atoms with van der Waals surface area (Å²) in [7, 11) is 1.57. The highest BCUT2D eigenvalue weighted by Gasteiger charge is 2.39. The molecule has 2 atom stereocenters. The van der Waals surface area contributed by atoms with Crippen molar-refractivity contribution in [3.05, 3.63) is 69.8 Å². The normalized spacial score (nSPS) is 20.2. The van der Waals surface area contributed by atoms with Crippen LogP contribution in [0.5, 0.6) is 11.5 Å². The van der Waals surface area contributed by atoms with E-state index in [1.807, 2.05) is 30.3 Å². The van der Waals surface area contributed by atoms with Crippen LogP contribution in [0.4, 0.5) is 0 Å². The molecular formula is C16H15NO4. The van der Waals surface area contributed by atoms with Crippen molar-refractivity contribution in [2.45, 2.75) is 18.6 Å². The molecule has 0 spiro atoms. The van der Waals surface area contributed by atoms with Crippen molar-refractivity contribution >= 4 is 0 Å². The summed E-state index contributed by atoms with van der Waals surface area (Å²) in [6.45, 7) is 0. The van der Waals surface area contributed by atoms with Crippen molar-refractivity contribution in [2.75, 3.05) is 7.11 Å². The highest BCUT2D eigenvalue weighted by Crippen LogP contribution is 2.37. The third kappa shape index (κ3) is 2.54. The first-order valence-electron chi connectivity index (χ1n) is 6.71. The minimum absolute atomic E-state index is 0.264. The molecule has 0 saturated carbocycles. The first-order valence-corrected chi connectivity index (χ1v) is 6.71. The fraction of sp³-hybridized carbons (Fsp3) is 0.250. The number of nitro groups is 1. The average Bonchev–Trinajstić information content (AvgIpc) is 2.53. The molecule has 108 valence electrons. The van der Waals surface area contributed by atoms with Crippen molar-refractivity contribution in [3.8, 4) is 11.5 Å². The van der Waals surface area contributed by atoms with Crippen molar-refractivity contribution < 1.29 is 14.4 Å². The van der Waals surface area contributed by atoms with Gasteiger partial charge in [0.2, 0.25) is 0 Å². The Kier molecular flexibility index (Phi) is 3.48. The number of nitrogens with zero attached hydrogens (tertiary/aromatic N) is 1. The lowest BCUT2D eigenvalue weighted by molar-refractivity contribution is -0.535. The summed E-state index contributed by atoms with van der Waals surface area (Å²) < 4.78 is 11.1. The lowest BCUT2D eigenvalue weighted by Gasteiger charge is -2.29. The van der Waals surface area contributed by atoms with Gasteiger partial charge in [-0.2, -0.15) is 0 Å². The van der Waals surface area contributed by atoms with E-state index >= 15 is 0 Å². The quantitative estimate of drug-likeness (QED) is 0.642. The zero-order valence-electron chi connectivity index (χ0n) is 11.6. The van der Waals surface area contributed by atoms with Gasteiger partial charge in [0.25, 0.3) is 6.04 Å². The lowest BCUT2D eigenvalue weighted by Crippen LogP contribution is -2.36. The van der Waals surface area contributed by atoms with Gasteiger partial charge in [-0.1, -0.05) is 30.3 Å². The molecular weight excluding hydrogens is 270 g/mol. The SMILES string of the molecule is COc1ccc2c(c1)C[C@H]([N+](=O)[O-])[C@H](c1ccccc1)O2. The number of rotatable bonds is 3. The third-order valence-corrected chi connectivity index (χ3v) is 3.70. The summed E-state index contributed by atoms with van der Waals surface area (Å²) in [5.74, 6) is 1.36. The van der Waals surface area contributed by atoms with Crippen LogP contribution in [0.3, 0.4) is 0 Å². The van der Waals surface area contributed by atoms with Gasteiger partial charge in [-0.15, -0.1) is 0 Å². The summed E-state index contributed by atoms with van der Waals surface area (Å²) in [6.07, 6.45) is -0.235. The zero-order chi connectivity index (χ0) is 14.8. The van der Waals surface area contributed by atoms with Crippen LogP contribution in [0.15, 0.2) is 48.5 Å². The number of benzene rings is 2. The highest BCUT2D eigenvalue weighted by molar-refractivity contribution is 5.43. The smallest absolute Gasteiger partial charge is 0.257 e. The molecule has 21 heavy (non-hydrogen) atoms. The minimum atomic E-state index is -0.799. The van der Waals surface area contributed by atoms with Crippen LogP contribution in [0.1, 0.15) is 17.2 Å². The van der Waals surface area contributed by atoms with Crippen LogP contribution in [-0.2, 0) is 6.42 Å². The second kappa shape index (κ2) is 5.44. The van der Waals surface area contributed by atoms with E-state index in [9.17, 15) is 10.1 Å². The fourth-order valence-electron chi connectivity index (χ4n) is 2.62. The van der Waals surface area contributed by atoms with Crippen molar-refractivity contribution in [1.82, 2.24) is 0 Å². The van der Waals surface area contributed by atoms with E-state index in [1.165, 1.54) is 0 Å². The maximum absolute atomic E-state index is 11.4. The monoisotopic (exact) mass is 285 g/mol. The Hall–Kier alpha value is -2.56. The Morgan fingerprint density at radius 3 is 2.67 bits per heavy atom. The molecule has 5 heteroatoms. The second-order valence-electron chi connectivity index (χ2n) is 4.98. The minimum Gasteiger partial charge on any atom is -0.497 e. The van der Waals surface area contributed by atoms with Gasteiger partial charge in [0.1, 0.15) is 11.5 Å². The largest absolute Gasteiger partial charge is 0.497 e. The van der Waals surface area contributed by atoms with Gasteiger partial charge in [0.05, 0.1) is 7.11 Å². The summed E-state index contributed by atoms with van der Waals surface area (Å²) >= 11 is 0. The van der Waals surface area contributed by atoms with E-state index in [-0.39, 0.29) is 4.92 Å². The number of ether oxygens (including phenoxy) is 2. The molecule has 3 rings (SSSR count). The molecule has 1 aliphatic heterocycles. The van der Waals surface area contributed by atoms with Crippen LogP contribution >= 0.6 is 0 Å². The maximum Gasteiger partial charge on any atom is 0.257 e. The summed E-state index contributed by atoms with van der Waals surface area (Å²) in [5.41, 5.74) is 1.63. The Morgan fingerprint density at radius 2 is 2.00 bits per heavy atom. The number of methoxy groups -OCH3 is 1. The van der Waals surface area contributed by atoms with Crippen LogP contribution in [0.2, 0.25) is 0 Å². The molecule has 0 bridgehead atoms. The molecule has 2 aromatic rings. The number of fused-ring (bicyclic) bond motifs is 1. The molecule has 0 unspecified atom stereocenters. The third-order valence-electron chi connectivity index (χ3n) is 3.70. The fourth-order valence-corrected chi connectivity index (χ4v) is 2.62. The van der Waals surface area contributed by atoms with E-state index < -0.39 is 12.1 Å². The second-order valence-corrected chi connectivity index (χ2v) is 4.98. The molecule has 0 aromatic heterocycles. The van der Waals surface area contributed by atoms with Crippen molar-refractivity contribution in [1.29, 1.82) is 0 Å². The van der Waals surface area contributed by atoms with Gasteiger partial charge in [-0.3, -0.25) is 10.1 Å². The molecule has 5 nitrogen and oxygen atoms in total. The van der Waals surface area contributed by atoms with Gasteiger partial charge >= 0.3 is 0 Å². The first-order chi connectivity index (χ1) is 10.2. The van der Waals surface area contributed by atoms with Crippen molar-refractivity contribution in [2.24, 2.45) is 0 Å². The van der Waals surface area contributed by atoms with Crippen LogP contribution in [0, 0.1) is 10.1 Å². The Bertz CT molecular complexity index is 657. The predicted molar refractivity (Wildman–Crippen MR) is 77.3 cm³/mol. The van der Waals surface area contributed by atoms with E-state index in [0.717, 1.165) is 11.1 Å². The zero-order valence-corrected chi connectivity index (χ0v) is 11.6. The van der Waals surface area contributed by atoms with Gasteiger partial charge in [-0.25, -0.2) is 0 Å². The summed E-state index contributed by atoms with van der Waals surface area (Å²) in [4.78, 5) is 11.1. The summed E-state index contributed by atoms with van der Waals surface area (Å²) in [6, 6.07) is 13.9. The summed E-state index contributed by atoms with van der Waals surface area (Å²) in [5, 5.41) is 11.4. The Morgan fingerprint density at radius 1 is 1.24 bits per heavy atom. The molecule has 1 aliphatic rings. The molecule has 0 amide bonds. The molecule has 0 aliphatic carbocycles. The van der Waals surface area contributed by atoms with Crippen LogP contribution < -0.4 is 9.47 Å².